The first-order valence-corrected chi connectivity index (χ1v) is 4.79. The fourth-order valence-electron chi connectivity index (χ4n) is 0.805. The van der Waals surface area contributed by atoms with Crippen molar-refractivity contribution in [2.24, 2.45) is 0 Å². The Morgan fingerprint density at radius 1 is 1.12 bits per heavy atom. The molecule has 0 aromatic heterocycles. The third kappa shape index (κ3) is 6.59. The lowest BCUT2D eigenvalue weighted by Crippen LogP contribution is -2.15. The number of aliphatic hydroxyl groups is 4. The molecule has 1 unspecified atom stereocenters. The number of hydrogen-bond acceptors (Lipinski definition) is 6. The fourth-order valence-corrected chi connectivity index (χ4v) is 0.805. The third-order valence-corrected chi connectivity index (χ3v) is 1.72. The Morgan fingerprint density at radius 3 is 1.88 bits per heavy atom. The van der Waals surface area contributed by atoms with Crippen LogP contribution in [0.15, 0.2) is 30.3 Å². The van der Waals surface area contributed by atoms with Crippen LogP contribution in [0.5, 0.6) is 0 Å². The summed E-state index contributed by atoms with van der Waals surface area (Å²) in [7, 11) is 0. The van der Waals surface area contributed by atoms with Gasteiger partial charge in [0, 0.05) is 0 Å². The average molecular weight is 245 g/mol. The minimum Gasteiger partial charge on any atom is -0.394 e. The minimum absolute atomic E-state index is 0.303. The van der Waals surface area contributed by atoms with Crippen LogP contribution in [0.25, 0.3) is 0 Å². The molecule has 0 aliphatic carbocycles. The van der Waals surface area contributed by atoms with E-state index in [1.165, 1.54) is 12.1 Å². The van der Waals surface area contributed by atoms with Gasteiger partial charge in [-0.05, 0) is 12.1 Å². The van der Waals surface area contributed by atoms with E-state index in [-0.39, 0.29) is 13.2 Å². The number of rotatable bonds is 4. The Kier molecular flexibility index (Phi) is 7.82. The first kappa shape index (κ1) is 15.5. The summed E-state index contributed by atoms with van der Waals surface area (Å²) in [5, 5.41) is 43.0. The summed E-state index contributed by atoms with van der Waals surface area (Å²) in [6.45, 7) is -0.729. The van der Waals surface area contributed by atoms with Crippen molar-refractivity contribution in [2.45, 2.75) is 12.3 Å². The molecule has 1 atom stereocenters. The van der Waals surface area contributed by atoms with E-state index in [0.717, 1.165) is 0 Å². The summed E-state index contributed by atoms with van der Waals surface area (Å²) < 4.78 is 0. The van der Waals surface area contributed by atoms with Gasteiger partial charge in [0.25, 0.3) is 0 Å². The second-order valence-electron chi connectivity index (χ2n) is 3.09. The largest absolute Gasteiger partial charge is 0.394 e. The van der Waals surface area contributed by atoms with Crippen LogP contribution in [0.3, 0.4) is 0 Å². The maximum Gasteiger partial charge on any atom is 0.339 e. The van der Waals surface area contributed by atoms with Crippen molar-refractivity contribution in [3.05, 3.63) is 46.0 Å². The number of hydrogen-bond donors (Lipinski definition) is 4. The standard InChI is InChI=1S/C7H7NO3.C3H8O3/c9-7(8(10)11)6-4-2-1-3-5-6;4-1-3(6)2-5/h1-5,7,9H;3-6H,1-2H2. The Hall–Kier alpha value is -1.54. The van der Waals surface area contributed by atoms with Crippen molar-refractivity contribution in [3.63, 3.8) is 0 Å². The number of aliphatic hydroxyl groups excluding tert-OH is 4. The van der Waals surface area contributed by atoms with Crippen molar-refractivity contribution in [1.82, 2.24) is 0 Å². The molecule has 0 bridgehead atoms. The first-order chi connectivity index (χ1) is 8.02. The highest BCUT2D eigenvalue weighted by atomic mass is 16.7. The number of nitro groups is 1. The highest BCUT2D eigenvalue weighted by Gasteiger charge is 2.16. The van der Waals surface area contributed by atoms with Gasteiger partial charge in [-0.1, -0.05) is 18.2 Å². The molecule has 96 valence electrons. The van der Waals surface area contributed by atoms with Gasteiger partial charge in [0.05, 0.1) is 23.7 Å². The number of nitrogens with zero attached hydrogens (tertiary/aromatic N) is 1. The molecule has 0 heterocycles. The van der Waals surface area contributed by atoms with Crippen molar-refractivity contribution in [1.29, 1.82) is 0 Å². The van der Waals surface area contributed by atoms with Gasteiger partial charge in [-0.25, -0.2) is 0 Å². The summed E-state index contributed by atoms with van der Waals surface area (Å²) in [5.41, 5.74) is 0.303. The summed E-state index contributed by atoms with van der Waals surface area (Å²) in [5.74, 6) is 0. The van der Waals surface area contributed by atoms with E-state index in [2.05, 4.69) is 0 Å². The predicted molar refractivity (Wildman–Crippen MR) is 58.6 cm³/mol. The van der Waals surface area contributed by atoms with E-state index in [9.17, 15) is 10.1 Å². The van der Waals surface area contributed by atoms with Gasteiger partial charge in [0.15, 0.2) is 0 Å². The normalized spacial score (nSPS) is 11.6. The maximum absolute atomic E-state index is 10.1. The quantitative estimate of drug-likeness (QED) is 0.315. The predicted octanol–water partition coefficient (Wildman–Crippen LogP) is -0.714. The molecule has 0 radical (unpaired) electrons. The van der Waals surface area contributed by atoms with E-state index in [1.54, 1.807) is 18.2 Å². The first-order valence-electron chi connectivity index (χ1n) is 4.79. The van der Waals surface area contributed by atoms with E-state index in [0.29, 0.717) is 5.56 Å². The topological polar surface area (TPSA) is 124 Å². The fraction of sp³-hybridized carbons (Fsp3) is 0.400. The SMILES string of the molecule is O=[N+]([O-])C(O)c1ccccc1.OCC(O)CO. The molecule has 0 spiro atoms. The van der Waals surface area contributed by atoms with Gasteiger partial charge in [0.2, 0.25) is 0 Å². The van der Waals surface area contributed by atoms with Crippen molar-refractivity contribution in [2.75, 3.05) is 13.2 Å². The molecule has 7 nitrogen and oxygen atoms in total. The summed E-state index contributed by atoms with van der Waals surface area (Å²) in [6.07, 6.45) is -2.55. The Morgan fingerprint density at radius 2 is 1.59 bits per heavy atom. The zero-order valence-electron chi connectivity index (χ0n) is 9.01. The van der Waals surface area contributed by atoms with Gasteiger partial charge in [-0.3, -0.25) is 10.1 Å². The Bertz CT molecular complexity index is 314. The van der Waals surface area contributed by atoms with Gasteiger partial charge >= 0.3 is 6.23 Å². The molecule has 17 heavy (non-hydrogen) atoms. The van der Waals surface area contributed by atoms with Gasteiger partial charge in [0.1, 0.15) is 6.10 Å². The summed E-state index contributed by atoms with van der Waals surface area (Å²) >= 11 is 0. The van der Waals surface area contributed by atoms with E-state index < -0.39 is 17.3 Å². The molecule has 0 fully saturated rings. The van der Waals surface area contributed by atoms with E-state index in [4.69, 9.17) is 20.4 Å². The van der Waals surface area contributed by atoms with Crippen LogP contribution >= 0.6 is 0 Å². The monoisotopic (exact) mass is 245 g/mol. The Balaban J connectivity index is 0.000000366. The van der Waals surface area contributed by atoms with Crippen LogP contribution in [0, 0.1) is 10.1 Å². The molecule has 4 N–H and O–H groups in total. The second-order valence-corrected chi connectivity index (χ2v) is 3.09. The highest BCUT2D eigenvalue weighted by Crippen LogP contribution is 2.11. The molecule has 0 saturated carbocycles. The summed E-state index contributed by atoms with van der Waals surface area (Å²) in [4.78, 5) is 9.31. The van der Waals surface area contributed by atoms with E-state index in [1.807, 2.05) is 0 Å². The molecule has 1 aromatic carbocycles. The zero-order valence-corrected chi connectivity index (χ0v) is 9.01. The van der Waals surface area contributed by atoms with Crippen molar-refractivity contribution < 1.29 is 25.3 Å². The van der Waals surface area contributed by atoms with Crippen LogP contribution in [-0.2, 0) is 0 Å². The maximum atomic E-state index is 10.1. The van der Waals surface area contributed by atoms with Gasteiger partial charge < -0.3 is 20.4 Å². The lowest BCUT2D eigenvalue weighted by atomic mass is 10.2. The van der Waals surface area contributed by atoms with Crippen molar-refractivity contribution in [3.8, 4) is 0 Å². The molecule has 0 amide bonds. The van der Waals surface area contributed by atoms with Crippen LogP contribution in [0.1, 0.15) is 11.8 Å². The van der Waals surface area contributed by atoms with Crippen LogP contribution in [0.4, 0.5) is 0 Å². The van der Waals surface area contributed by atoms with Crippen LogP contribution in [-0.4, -0.2) is 44.7 Å². The van der Waals surface area contributed by atoms with Gasteiger partial charge in [-0.15, -0.1) is 0 Å². The van der Waals surface area contributed by atoms with E-state index >= 15 is 0 Å². The van der Waals surface area contributed by atoms with Crippen LogP contribution < -0.4 is 0 Å². The highest BCUT2D eigenvalue weighted by molar-refractivity contribution is 5.15. The summed E-state index contributed by atoms with van der Waals surface area (Å²) in [6, 6.07) is 8.03. The second kappa shape index (κ2) is 8.59. The van der Waals surface area contributed by atoms with Gasteiger partial charge in [-0.2, -0.15) is 0 Å². The zero-order chi connectivity index (χ0) is 13.3. The molecular formula is C10H15NO6. The lowest BCUT2D eigenvalue weighted by Gasteiger charge is -2.00. The molecule has 0 saturated heterocycles. The Labute approximate surface area is 97.7 Å². The molecule has 0 aliphatic rings. The third-order valence-electron chi connectivity index (χ3n) is 1.72. The van der Waals surface area contributed by atoms with Crippen LogP contribution in [0.2, 0.25) is 0 Å². The number of benzene rings is 1. The minimum atomic E-state index is -1.60. The molecule has 0 aliphatic heterocycles. The molecule has 1 aromatic rings. The molecule has 7 heteroatoms. The smallest absolute Gasteiger partial charge is 0.339 e. The molecular weight excluding hydrogens is 230 g/mol. The average Bonchev–Trinajstić information content (AvgIpc) is 2.38. The van der Waals surface area contributed by atoms with Crippen molar-refractivity contribution >= 4 is 0 Å². The molecule has 1 rings (SSSR count). The lowest BCUT2D eigenvalue weighted by molar-refractivity contribution is -0.578.